The summed E-state index contributed by atoms with van der Waals surface area (Å²) in [7, 11) is 0. The Labute approximate surface area is 163 Å². The zero-order valence-corrected chi connectivity index (χ0v) is 16.7. The van der Waals surface area contributed by atoms with Crippen LogP contribution in [0.25, 0.3) is 27.8 Å². The van der Waals surface area contributed by atoms with Crippen LogP contribution in [-0.4, -0.2) is 19.5 Å². The Morgan fingerprint density at radius 2 is 1.76 bits per heavy atom. The van der Waals surface area contributed by atoms with E-state index >= 15 is 0 Å². The van der Waals surface area contributed by atoms with Gasteiger partial charge in [0.15, 0.2) is 0 Å². The van der Waals surface area contributed by atoms with Crippen LogP contribution in [0.5, 0.6) is 0 Å². The molecule has 0 radical (unpaired) electrons. The number of rotatable bonds is 3. The van der Waals surface area contributed by atoms with E-state index in [2.05, 4.69) is 67.5 Å². The molecule has 124 valence electrons. The van der Waals surface area contributed by atoms with Gasteiger partial charge in [-0.25, -0.2) is 9.97 Å². The van der Waals surface area contributed by atoms with E-state index in [0.29, 0.717) is 0 Å². The van der Waals surface area contributed by atoms with Crippen molar-refractivity contribution in [2.45, 2.75) is 13.8 Å². The Kier molecular flexibility index (Phi) is 4.39. The highest BCUT2D eigenvalue weighted by Crippen LogP contribution is 2.29. The highest BCUT2D eigenvalue weighted by molar-refractivity contribution is 14.1. The summed E-state index contributed by atoms with van der Waals surface area (Å²) in [5, 5.41) is 2.98. The van der Waals surface area contributed by atoms with Gasteiger partial charge in [-0.2, -0.15) is 0 Å². The van der Waals surface area contributed by atoms with Gasteiger partial charge < -0.3 is 0 Å². The van der Waals surface area contributed by atoms with Gasteiger partial charge in [0.25, 0.3) is 0 Å². The molecule has 6 heteroatoms. The number of nitrogens with zero attached hydrogens (tertiary/aromatic N) is 4. The van der Waals surface area contributed by atoms with Crippen molar-refractivity contribution in [2.24, 2.45) is 0 Å². The van der Waals surface area contributed by atoms with E-state index in [0.717, 1.165) is 39.2 Å². The van der Waals surface area contributed by atoms with Crippen LogP contribution in [-0.2, 0) is 0 Å². The van der Waals surface area contributed by atoms with Crippen molar-refractivity contribution in [3.63, 3.8) is 0 Å². The van der Waals surface area contributed by atoms with Crippen LogP contribution in [0.1, 0.15) is 11.4 Å². The van der Waals surface area contributed by atoms with Gasteiger partial charge in [-0.15, -0.1) is 11.3 Å². The summed E-state index contributed by atoms with van der Waals surface area (Å²) in [6, 6.07) is 12.5. The number of hydrogen-bond donors (Lipinski definition) is 0. The third-order valence-electron chi connectivity index (χ3n) is 3.82. The van der Waals surface area contributed by atoms with Gasteiger partial charge in [0.05, 0.1) is 11.9 Å². The van der Waals surface area contributed by atoms with Crippen molar-refractivity contribution < 1.29 is 0 Å². The largest absolute Gasteiger partial charge is 0.297 e. The minimum Gasteiger partial charge on any atom is -0.297 e. The second-order valence-corrected chi connectivity index (χ2v) is 7.88. The first kappa shape index (κ1) is 16.4. The lowest BCUT2D eigenvalue weighted by Gasteiger charge is -2.07. The Morgan fingerprint density at radius 1 is 0.960 bits per heavy atom. The fourth-order valence-corrected chi connectivity index (χ4v) is 3.67. The average Bonchev–Trinajstić information content (AvgIpc) is 3.23. The molecule has 0 bridgehead atoms. The molecular weight excluding hydrogens is 443 g/mol. The predicted molar refractivity (Wildman–Crippen MR) is 110 cm³/mol. The van der Waals surface area contributed by atoms with Crippen molar-refractivity contribution in [3.8, 4) is 27.8 Å². The van der Waals surface area contributed by atoms with Crippen LogP contribution in [0, 0.1) is 17.4 Å². The van der Waals surface area contributed by atoms with Crippen LogP contribution >= 0.6 is 33.9 Å². The summed E-state index contributed by atoms with van der Waals surface area (Å²) >= 11 is 3.93. The molecule has 1 aromatic carbocycles. The average molecular weight is 458 g/mol. The molecule has 4 nitrogen and oxygen atoms in total. The lowest BCUT2D eigenvalue weighted by Crippen LogP contribution is -1.97. The Bertz CT molecular complexity index is 954. The maximum atomic E-state index is 4.87. The van der Waals surface area contributed by atoms with Crippen LogP contribution in [0.2, 0.25) is 0 Å². The third-order valence-corrected chi connectivity index (χ3v) is 5.52. The van der Waals surface area contributed by atoms with E-state index in [9.17, 15) is 0 Å². The molecule has 25 heavy (non-hydrogen) atoms. The zero-order valence-electron chi connectivity index (χ0n) is 13.8. The van der Waals surface area contributed by atoms with Gasteiger partial charge >= 0.3 is 0 Å². The fraction of sp³-hybridized carbons (Fsp3) is 0.105. The third kappa shape index (κ3) is 3.36. The number of thiazole rings is 1. The lowest BCUT2D eigenvalue weighted by atomic mass is 10.2. The summed E-state index contributed by atoms with van der Waals surface area (Å²) in [6.07, 6.45) is 3.92. The number of imidazole rings is 1. The number of hydrogen-bond acceptors (Lipinski definition) is 4. The van der Waals surface area contributed by atoms with Gasteiger partial charge in [0.2, 0.25) is 0 Å². The van der Waals surface area contributed by atoms with Crippen LogP contribution in [0.4, 0.5) is 0 Å². The maximum absolute atomic E-state index is 4.87. The number of halogens is 1. The molecule has 3 heterocycles. The van der Waals surface area contributed by atoms with Crippen molar-refractivity contribution >= 4 is 33.9 Å². The smallest absolute Gasteiger partial charge is 0.145 e. The van der Waals surface area contributed by atoms with Crippen molar-refractivity contribution in [2.75, 3.05) is 0 Å². The van der Waals surface area contributed by atoms with E-state index in [-0.39, 0.29) is 0 Å². The molecule has 4 aromatic rings. The van der Waals surface area contributed by atoms with Gasteiger partial charge in [-0.3, -0.25) is 9.55 Å². The van der Waals surface area contributed by atoms with Crippen LogP contribution < -0.4 is 0 Å². The maximum Gasteiger partial charge on any atom is 0.145 e. The zero-order chi connectivity index (χ0) is 17.4. The second kappa shape index (κ2) is 6.68. The molecule has 0 aliphatic carbocycles. The molecule has 3 aromatic heterocycles. The van der Waals surface area contributed by atoms with Crippen molar-refractivity contribution in [3.05, 3.63) is 69.1 Å². The minimum atomic E-state index is 0.882. The molecule has 0 N–H and O–H groups in total. The molecule has 0 fully saturated rings. The first-order valence-corrected chi connectivity index (χ1v) is 9.77. The van der Waals surface area contributed by atoms with Gasteiger partial charge in [-0.05, 0) is 60.7 Å². The molecule has 0 amide bonds. The minimum absolute atomic E-state index is 0.882. The molecule has 0 atom stereocenters. The molecule has 0 unspecified atom stereocenters. The van der Waals surface area contributed by atoms with Crippen LogP contribution in [0.15, 0.2) is 54.2 Å². The van der Waals surface area contributed by atoms with E-state index in [4.69, 9.17) is 4.98 Å². The van der Waals surface area contributed by atoms with Gasteiger partial charge in [-0.1, -0.05) is 12.1 Å². The molecule has 0 aliphatic rings. The van der Waals surface area contributed by atoms with Crippen molar-refractivity contribution in [1.82, 2.24) is 19.5 Å². The highest BCUT2D eigenvalue weighted by Gasteiger charge is 2.15. The van der Waals surface area contributed by atoms with Gasteiger partial charge in [0.1, 0.15) is 16.5 Å². The molecular formula is C19H15IN4S. The van der Waals surface area contributed by atoms with Gasteiger partial charge in [0, 0.05) is 32.1 Å². The molecule has 0 saturated carbocycles. The number of benzene rings is 1. The number of aryl methyl sites for hydroxylation is 2. The second-order valence-electron chi connectivity index (χ2n) is 5.78. The lowest BCUT2D eigenvalue weighted by molar-refractivity contribution is 1.04. The first-order chi connectivity index (χ1) is 12.1. The predicted octanol–water partition coefficient (Wildman–Crippen LogP) is 5.28. The van der Waals surface area contributed by atoms with Crippen molar-refractivity contribution in [1.29, 1.82) is 0 Å². The van der Waals surface area contributed by atoms with E-state index in [1.54, 1.807) is 11.3 Å². The Hall–Kier alpha value is -2.06. The standard InChI is InChI=1S/C19H15IN4S/c1-12-3-8-16(9-21-12)24-10-17(19-22-13(2)11-25-19)23-18(24)14-4-6-15(20)7-5-14/h3-11H,1-2H3. The molecule has 0 spiro atoms. The van der Waals surface area contributed by atoms with Crippen LogP contribution in [0.3, 0.4) is 0 Å². The Morgan fingerprint density at radius 3 is 2.40 bits per heavy atom. The van der Waals surface area contributed by atoms with E-state index in [1.807, 2.05) is 37.7 Å². The summed E-state index contributed by atoms with van der Waals surface area (Å²) in [5.74, 6) is 0.893. The monoisotopic (exact) mass is 458 g/mol. The number of aromatic nitrogens is 4. The molecule has 0 saturated heterocycles. The highest BCUT2D eigenvalue weighted by atomic mass is 127. The topological polar surface area (TPSA) is 43.6 Å². The summed E-state index contributed by atoms with van der Waals surface area (Å²) in [4.78, 5) is 13.9. The Balaban J connectivity index is 1.89. The summed E-state index contributed by atoms with van der Waals surface area (Å²) < 4.78 is 3.29. The van der Waals surface area contributed by atoms with E-state index < -0.39 is 0 Å². The first-order valence-electron chi connectivity index (χ1n) is 7.81. The quantitative estimate of drug-likeness (QED) is 0.393. The van der Waals surface area contributed by atoms with E-state index in [1.165, 1.54) is 3.57 Å². The fourth-order valence-electron chi connectivity index (χ4n) is 2.56. The number of pyridine rings is 1. The summed E-state index contributed by atoms with van der Waals surface area (Å²) in [6.45, 7) is 3.99. The SMILES string of the molecule is Cc1ccc(-n2cc(-c3nc(C)cs3)nc2-c2ccc(I)cc2)cn1. The normalized spacial score (nSPS) is 11.0. The molecule has 4 rings (SSSR count). The summed E-state index contributed by atoms with van der Waals surface area (Å²) in [5.41, 5.74) is 4.96. The molecule has 0 aliphatic heterocycles.